The summed E-state index contributed by atoms with van der Waals surface area (Å²) in [6, 6.07) is 10.4. The molecule has 0 atom stereocenters. The summed E-state index contributed by atoms with van der Waals surface area (Å²) >= 11 is 1.83. The van der Waals surface area contributed by atoms with Crippen LogP contribution in [-0.2, 0) is 4.74 Å². The number of benzene rings is 1. The molecule has 0 aromatic heterocycles. The highest BCUT2D eigenvalue weighted by Crippen LogP contribution is 2.15. The van der Waals surface area contributed by atoms with Crippen molar-refractivity contribution in [2.24, 2.45) is 4.99 Å². The van der Waals surface area contributed by atoms with Crippen molar-refractivity contribution in [3.8, 4) is 0 Å². The SMILES string of the molecule is CCOCCNC(=NC)NCCSc1ccccc1.I. The van der Waals surface area contributed by atoms with E-state index in [1.54, 1.807) is 7.05 Å². The molecule has 0 aliphatic heterocycles. The average Bonchev–Trinajstić information content (AvgIpc) is 2.46. The predicted octanol–water partition coefficient (Wildman–Crippen LogP) is 2.60. The van der Waals surface area contributed by atoms with Gasteiger partial charge in [0.25, 0.3) is 0 Å². The molecule has 0 saturated heterocycles. The first kappa shape index (κ1) is 19.5. The van der Waals surface area contributed by atoms with E-state index in [4.69, 9.17) is 4.74 Å². The van der Waals surface area contributed by atoms with E-state index in [-0.39, 0.29) is 24.0 Å². The second-order valence-electron chi connectivity index (χ2n) is 3.78. The Morgan fingerprint density at radius 1 is 1.20 bits per heavy atom. The zero-order valence-corrected chi connectivity index (χ0v) is 15.2. The van der Waals surface area contributed by atoms with Gasteiger partial charge in [-0.05, 0) is 19.1 Å². The van der Waals surface area contributed by atoms with Crippen LogP contribution in [0.3, 0.4) is 0 Å². The van der Waals surface area contributed by atoms with Crippen molar-refractivity contribution in [3.05, 3.63) is 30.3 Å². The van der Waals surface area contributed by atoms with Gasteiger partial charge in [0.2, 0.25) is 0 Å². The van der Waals surface area contributed by atoms with Crippen LogP contribution in [0.5, 0.6) is 0 Å². The maximum atomic E-state index is 5.26. The smallest absolute Gasteiger partial charge is 0.191 e. The molecule has 0 bridgehead atoms. The van der Waals surface area contributed by atoms with Gasteiger partial charge in [0.1, 0.15) is 0 Å². The fourth-order valence-corrected chi connectivity index (χ4v) is 2.25. The summed E-state index contributed by atoms with van der Waals surface area (Å²) in [4.78, 5) is 5.45. The summed E-state index contributed by atoms with van der Waals surface area (Å²) in [7, 11) is 1.78. The van der Waals surface area contributed by atoms with Crippen molar-refractivity contribution in [2.45, 2.75) is 11.8 Å². The third-order valence-electron chi connectivity index (χ3n) is 2.37. The largest absolute Gasteiger partial charge is 0.380 e. The Balaban J connectivity index is 0.00000361. The lowest BCUT2D eigenvalue weighted by molar-refractivity contribution is 0.152. The second kappa shape index (κ2) is 13.5. The molecule has 1 aromatic rings. The average molecular weight is 409 g/mol. The fourth-order valence-electron chi connectivity index (χ4n) is 1.46. The summed E-state index contributed by atoms with van der Waals surface area (Å²) < 4.78 is 5.26. The van der Waals surface area contributed by atoms with Gasteiger partial charge >= 0.3 is 0 Å². The molecule has 0 fully saturated rings. The topological polar surface area (TPSA) is 45.6 Å². The molecule has 2 N–H and O–H groups in total. The van der Waals surface area contributed by atoms with Gasteiger partial charge in [0.05, 0.1) is 6.61 Å². The van der Waals surface area contributed by atoms with E-state index in [0.717, 1.165) is 31.4 Å². The molecule has 0 saturated carbocycles. The minimum Gasteiger partial charge on any atom is -0.380 e. The van der Waals surface area contributed by atoms with Crippen molar-refractivity contribution in [1.82, 2.24) is 10.6 Å². The first-order chi connectivity index (χ1) is 9.36. The number of guanidine groups is 1. The van der Waals surface area contributed by atoms with E-state index >= 15 is 0 Å². The molecule has 0 heterocycles. The summed E-state index contributed by atoms with van der Waals surface area (Å²) in [5, 5.41) is 6.49. The van der Waals surface area contributed by atoms with Crippen LogP contribution in [0.2, 0.25) is 0 Å². The number of rotatable bonds is 8. The highest BCUT2D eigenvalue weighted by Gasteiger charge is 1.97. The van der Waals surface area contributed by atoms with Crippen LogP contribution in [0.1, 0.15) is 6.92 Å². The summed E-state index contributed by atoms with van der Waals surface area (Å²) in [6.45, 7) is 5.11. The van der Waals surface area contributed by atoms with Gasteiger partial charge in [-0.15, -0.1) is 35.7 Å². The highest BCUT2D eigenvalue weighted by atomic mass is 127. The van der Waals surface area contributed by atoms with Crippen molar-refractivity contribution in [2.75, 3.05) is 39.1 Å². The molecule has 6 heteroatoms. The monoisotopic (exact) mass is 409 g/mol. The number of ether oxygens (including phenoxy) is 1. The first-order valence-corrected chi connectivity index (χ1v) is 7.55. The van der Waals surface area contributed by atoms with Crippen LogP contribution >= 0.6 is 35.7 Å². The molecule has 0 radical (unpaired) electrons. The number of aliphatic imine (C=N–C) groups is 1. The highest BCUT2D eigenvalue weighted by molar-refractivity contribution is 14.0. The number of hydrogen-bond acceptors (Lipinski definition) is 3. The van der Waals surface area contributed by atoms with Gasteiger partial charge in [-0.25, -0.2) is 0 Å². The van der Waals surface area contributed by atoms with E-state index in [2.05, 4.69) is 39.9 Å². The van der Waals surface area contributed by atoms with Crippen molar-refractivity contribution >= 4 is 41.7 Å². The first-order valence-electron chi connectivity index (χ1n) is 6.57. The zero-order valence-electron chi connectivity index (χ0n) is 12.1. The van der Waals surface area contributed by atoms with E-state index in [0.29, 0.717) is 6.61 Å². The molecule has 0 aliphatic rings. The summed E-state index contributed by atoms with van der Waals surface area (Å²) in [5.74, 6) is 1.84. The third kappa shape index (κ3) is 9.44. The lowest BCUT2D eigenvalue weighted by Crippen LogP contribution is -2.39. The molecule has 0 unspecified atom stereocenters. The molecule has 0 amide bonds. The summed E-state index contributed by atoms with van der Waals surface area (Å²) in [5.41, 5.74) is 0. The Bertz CT molecular complexity index is 363. The Kier molecular flexibility index (Phi) is 13.2. The molecule has 1 rings (SSSR count). The lowest BCUT2D eigenvalue weighted by atomic mass is 10.4. The molecular formula is C14H24IN3OS. The molecule has 0 spiro atoms. The Labute approximate surface area is 143 Å². The minimum atomic E-state index is 0. The van der Waals surface area contributed by atoms with E-state index in [1.807, 2.05) is 24.8 Å². The molecule has 0 aliphatic carbocycles. The maximum Gasteiger partial charge on any atom is 0.191 e. The number of nitrogens with zero attached hydrogens (tertiary/aromatic N) is 1. The standard InChI is InChI=1S/C14H23N3OS.HI/c1-3-18-11-9-16-14(15-2)17-10-12-19-13-7-5-4-6-8-13;/h4-8H,3,9-12H2,1-2H3,(H2,15,16,17);1H. The van der Waals surface area contributed by atoms with Gasteiger partial charge in [0.15, 0.2) is 5.96 Å². The minimum absolute atomic E-state index is 0. The van der Waals surface area contributed by atoms with Crippen molar-refractivity contribution in [3.63, 3.8) is 0 Å². The number of halogens is 1. The van der Waals surface area contributed by atoms with Gasteiger partial charge in [-0.1, -0.05) is 18.2 Å². The normalized spacial score (nSPS) is 10.8. The van der Waals surface area contributed by atoms with Crippen LogP contribution in [0.15, 0.2) is 40.2 Å². The molecule has 4 nitrogen and oxygen atoms in total. The molecular weight excluding hydrogens is 385 g/mol. The zero-order chi connectivity index (χ0) is 13.8. The van der Waals surface area contributed by atoms with Crippen LogP contribution in [0.4, 0.5) is 0 Å². The third-order valence-corrected chi connectivity index (χ3v) is 3.39. The molecule has 114 valence electrons. The fraction of sp³-hybridized carbons (Fsp3) is 0.500. The lowest BCUT2D eigenvalue weighted by Gasteiger charge is -2.11. The summed E-state index contributed by atoms with van der Waals surface area (Å²) in [6.07, 6.45) is 0. The van der Waals surface area contributed by atoms with Gasteiger partial charge in [0, 0.05) is 37.4 Å². The van der Waals surface area contributed by atoms with Crippen LogP contribution in [0.25, 0.3) is 0 Å². The van der Waals surface area contributed by atoms with Crippen LogP contribution in [-0.4, -0.2) is 45.1 Å². The van der Waals surface area contributed by atoms with E-state index in [1.165, 1.54) is 4.90 Å². The van der Waals surface area contributed by atoms with Gasteiger partial charge in [-0.3, -0.25) is 4.99 Å². The van der Waals surface area contributed by atoms with Gasteiger partial charge < -0.3 is 15.4 Å². The van der Waals surface area contributed by atoms with Gasteiger partial charge in [-0.2, -0.15) is 0 Å². The van der Waals surface area contributed by atoms with Crippen molar-refractivity contribution in [1.29, 1.82) is 0 Å². The van der Waals surface area contributed by atoms with E-state index < -0.39 is 0 Å². The Morgan fingerprint density at radius 2 is 1.90 bits per heavy atom. The molecule has 1 aromatic carbocycles. The molecule has 20 heavy (non-hydrogen) atoms. The van der Waals surface area contributed by atoms with Crippen LogP contribution < -0.4 is 10.6 Å². The Morgan fingerprint density at radius 3 is 2.55 bits per heavy atom. The Hall–Kier alpha value is -0.470. The van der Waals surface area contributed by atoms with E-state index in [9.17, 15) is 0 Å². The number of thioether (sulfide) groups is 1. The predicted molar refractivity (Wildman–Crippen MR) is 98.4 cm³/mol. The second-order valence-corrected chi connectivity index (χ2v) is 4.95. The number of hydrogen-bond donors (Lipinski definition) is 2. The van der Waals surface area contributed by atoms with Crippen molar-refractivity contribution < 1.29 is 4.74 Å². The quantitative estimate of drug-likeness (QED) is 0.228. The van der Waals surface area contributed by atoms with Crippen LogP contribution in [0, 0.1) is 0 Å². The maximum absolute atomic E-state index is 5.26. The number of nitrogens with one attached hydrogen (secondary N) is 2.